The summed E-state index contributed by atoms with van der Waals surface area (Å²) in [4.78, 5) is 2.16. The first-order valence-electron chi connectivity index (χ1n) is 5.89. The van der Waals surface area contributed by atoms with Crippen molar-refractivity contribution < 1.29 is 12.8 Å². The fourth-order valence-electron chi connectivity index (χ4n) is 2.13. The summed E-state index contributed by atoms with van der Waals surface area (Å²) in [5, 5.41) is 3.21. The van der Waals surface area contributed by atoms with Gasteiger partial charge in [0.1, 0.15) is 5.82 Å². The van der Waals surface area contributed by atoms with Gasteiger partial charge < -0.3 is 5.32 Å². The van der Waals surface area contributed by atoms with E-state index in [9.17, 15) is 12.8 Å². The van der Waals surface area contributed by atoms with E-state index in [1.807, 2.05) is 0 Å². The predicted octanol–water partition coefficient (Wildman–Crippen LogP) is 0.634. The molecule has 0 saturated carbocycles. The number of hydrogen-bond acceptors (Lipinski definition) is 4. The highest BCUT2D eigenvalue weighted by Gasteiger charge is 2.20. The lowest BCUT2D eigenvalue weighted by Gasteiger charge is -2.27. The summed E-state index contributed by atoms with van der Waals surface area (Å²) in [7, 11) is -3.39. The van der Waals surface area contributed by atoms with Crippen LogP contribution in [0.1, 0.15) is 5.56 Å². The van der Waals surface area contributed by atoms with E-state index in [0.717, 1.165) is 32.4 Å². The first-order chi connectivity index (χ1) is 8.48. The summed E-state index contributed by atoms with van der Waals surface area (Å²) in [6.07, 6.45) is 1.11. The smallest absolute Gasteiger partial charge is 0.175 e. The van der Waals surface area contributed by atoms with Crippen LogP contribution in [0.5, 0.6) is 0 Å². The summed E-state index contributed by atoms with van der Waals surface area (Å²) in [5.41, 5.74) is 0.280. The van der Waals surface area contributed by atoms with Crippen molar-refractivity contribution in [1.29, 1.82) is 0 Å². The molecule has 1 fully saturated rings. The van der Waals surface area contributed by atoms with Crippen LogP contribution in [0, 0.1) is 5.82 Å². The molecule has 6 heteroatoms. The Balaban J connectivity index is 2.31. The van der Waals surface area contributed by atoms with Crippen LogP contribution >= 0.6 is 0 Å². The molecule has 0 aromatic heterocycles. The van der Waals surface area contributed by atoms with Crippen LogP contribution < -0.4 is 5.32 Å². The van der Waals surface area contributed by atoms with Crippen molar-refractivity contribution >= 4 is 9.84 Å². The van der Waals surface area contributed by atoms with Crippen LogP contribution in [0.4, 0.5) is 4.39 Å². The van der Waals surface area contributed by atoms with E-state index in [2.05, 4.69) is 10.2 Å². The molecule has 0 bridgehead atoms. The van der Waals surface area contributed by atoms with Gasteiger partial charge in [-0.05, 0) is 12.1 Å². The van der Waals surface area contributed by atoms with Crippen molar-refractivity contribution in [3.05, 3.63) is 29.6 Å². The highest BCUT2D eigenvalue weighted by atomic mass is 32.2. The highest BCUT2D eigenvalue weighted by molar-refractivity contribution is 7.90. The Kier molecular flexibility index (Phi) is 3.99. The second kappa shape index (κ2) is 5.34. The third kappa shape index (κ3) is 3.07. The lowest BCUT2D eigenvalue weighted by molar-refractivity contribution is 0.228. The van der Waals surface area contributed by atoms with E-state index in [1.165, 1.54) is 18.2 Å². The van der Waals surface area contributed by atoms with Gasteiger partial charge >= 0.3 is 0 Å². The summed E-state index contributed by atoms with van der Waals surface area (Å²) >= 11 is 0. The van der Waals surface area contributed by atoms with Crippen LogP contribution in [0.2, 0.25) is 0 Å². The summed E-state index contributed by atoms with van der Waals surface area (Å²) < 4.78 is 37.1. The molecule has 100 valence electrons. The second-order valence-corrected chi connectivity index (χ2v) is 6.50. The number of sulfone groups is 1. The van der Waals surface area contributed by atoms with Gasteiger partial charge in [-0.1, -0.05) is 6.07 Å². The van der Waals surface area contributed by atoms with Crippen molar-refractivity contribution in [2.24, 2.45) is 0 Å². The zero-order valence-electron chi connectivity index (χ0n) is 10.3. The predicted molar refractivity (Wildman–Crippen MR) is 67.7 cm³/mol. The third-order valence-electron chi connectivity index (χ3n) is 3.07. The zero-order valence-corrected chi connectivity index (χ0v) is 11.1. The molecule has 4 nitrogen and oxygen atoms in total. The SMILES string of the molecule is CS(=O)(=O)c1cccc(F)c1CN1CCNCC1. The Morgan fingerprint density at radius 2 is 2.00 bits per heavy atom. The number of halogens is 1. The molecule has 18 heavy (non-hydrogen) atoms. The van der Waals surface area contributed by atoms with Gasteiger partial charge in [0.25, 0.3) is 0 Å². The van der Waals surface area contributed by atoms with Crippen LogP contribution in [0.25, 0.3) is 0 Å². The van der Waals surface area contributed by atoms with Crippen molar-refractivity contribution in [1.82, 2.24) is 10.2 Å². The van der Waals surface area contributed by atoms with E-state index < -0.39 is 15.7 Å². The van der Waals surface area contributed by atoms with Gasteiger partial charge in [-0.2, -0.15) is 0 Å². The van der Waals surface area contributed by atoms with E-state index in [-0.39, 0.29) is 10.5 Å². The van der Waals surface area contributed by atoms with Gasteiger partial charge in [-0.3, -0.25) is 4.90 Å². The zero-order chi connectivity index (χ0) is 13.2. The van der Waals surface area contributed by atoms with E-state index in [1.54, 1.807) is 0 Å². The fraction of sp³-hybridized carbons (Fsp3) is 0.500. The summed E-state index contributed by atoms with van der Waals surface area (Å²) in [6.45, 7) is 3.65. The monoisotopic (exact) mass is 272 g/mol. The first kappa shape index (κ1) is 13.5. The Hall–Kier alpha value is -0.980. The van der Waals surface area contributed by atoms with E-state index in [4.69, 9.17) is 0 Å². The summed E-state index contributed by atoms with van der Waals surface area (Å²) in [5.74, 6) is -0.448. The molecule has 1 aliphatic heterocycles. The molecule has 1 saturated heterocycles. The topological polar surface area (TPSA) is 49.4 Å². The molecule has 1 aliphatic rings. The van der Waals surface area contributed by atoms with E-state index in [0.29, 0.717) is 6.54 Å². The normalized spacial score (nSPS) is 17.9. The molecule has 1 heterocycles. The number of nitrogens with zero attached hydrogens (tertiary/aromatic N) is 1. The van der Waals surface area contributed by atoms with Crippen molar-refractivity contribution in [3.8, 4) is 0 Å². The molecule has 0 atom stereocenters. The molecule has 1 N–H and O–H groups in total. The molecule has 2 rings (SSSR count). The van der Waals surface area contributed by atoms with Gasteiger partial charge in [0.2, 0.25) is 0 Å². The van der Waals surface area contributed by atoms with Gasteiger partial charge in [-0.25, -0.2) is 12.8 Å². The number of hydrogen-bond donors (Lipinski definition) is 1. The highest BCUT2D eigenvalue weighted by Crippen LogP contribution is 2.20. The lowest BCUT2D eigenvalue weighted by atomic mass is 10.2. The summed E-state index contributed by atoms with van der Waals surface area (Å²) in [6, 6.07) is 4.22. The number of piperazine rings is 1. The molecule has 0 unspecified atom stereocenters. The van der Waals surface area contributed by atoms with Crippen LogP contribution in [0.15, 0.2) is 23.1 Å². The third-order valence-corrected chi connectivity index (χ3v) is 4.25. The minimum absolute atomic E-state index is 0.0982. The molecule has 0 radical (unpaired) electrons. The number of benzene rings is 1. The molecule has 0 aliphatic carbocycles. The molecule has 1 aromatic carbocycles. The Bertz CT molecular complexity index is 525. The molecule has 0 amide bonds. The number of rotatable bonds is 3. The average molecular weight is 272 g/mol. The average Bonchev–Trinajstić information content (AvgIpc) is 2.32. The maximum atomic E-state index is 13.8. The second-order valence-electron chi connectivity index (χ2n) is 4.51. The lowest BCUT2D eigenvalue weighted by Crippen LogP contribution is -2.43. The Morgan fingerprint density at radius 3 is 2.61 bits per heavy atom. The Labute approximate surface area is 107 Å². The number of nitrogens with one attached hydrogen (secondary N) is 1. The molecule has 0 spiro atoms. The van der Waals surface area contributed by atoms with Gasteiger partial charge in [0.15, 0.2) is 9.84 Å². The maximum Gasteiger partial charge on any atom is 0.175 e. The van der Waals surface area contributed by atoms with Crippen LogP contribution in [-0.4, -0.2) is 45.8 Å². The van der Waals surface area contributed by atoms with Crippen LogP contribution in [0.3, 0.4) is 0 Å². The standard InChI is InChI=1S/C12H17FN2O2S/c1-18(16,17)12-4-2-3-11(13)10(12)9-15-7-5-14-6-8-15/h2-4,14H,5-9H2,1H3. The molecular weight excluding hydrogens is 255 g/mol. The van der Waals surface area contributed by atoms with Gasteiger partial charge in [-0.15, -0.1) is 0 Å². The van der Waals surface area contributed by atoms with Crippen molar-refractivity contribution in [3.63, 3.8) is 0 Å². The minimum atomic E-state index is -3.39. The quantitative estimate of drug-likeness (QED) is 0.877. The largest absolute Gasteiger partial charge is 0.314 e. The van der Waals surface area contributed by atoms with Crippen molar-refractivity contribution in [2.45, 2.75) is 11.4 Å². The molecular formula is C12H17FN2O2S. The maximum absolute atomic E-state index is 13.8. The van der Waals surface area contributed by atoms with Crippen molar-refractivity contribution in [2.75, 3.05) is 32.4 Å². The first-order valence-corrected chi connectivity index (χ1v) is 7.78. The van der Waals surface area contributed by atoms with E-state index >= 15 is 0 Å². The van der Waals surface area contributed by atoms with Gasteiger partial charge in [0, 0.05) is 44.5 Å². The van der Waals surface area contributed by atoms with Crippen LogP contribution in [-0.2, 0) is 16.4 Å². The fourth-order valence-corrected chi connectivity index (χ4v) is 3.07. The molecule has 1 aromatic rings. The Morgan fingerprint density at radius 1 is 1.33 bits per heavy atom. The van der Waals surface area contributed by atoms with Gasteiger partial charge in [0.05, 0.1) is 4.90 Å². The minimum Gasteiger partial charge on any atom is -0.314 e.